The smallest absolute Gasteiger partial charge is 0.224 e. The Morgan fingerprint density at radius 2 is 2.39 bits per heavy atom. The highest BCUT2D eigenvalue weighted by Crippen LogP contribution is 2.48. The monoisotopic (exact) mass is 265 g/mol. The van der Waals surface area contributed by atoms with Crippen molar-refractivity contribution in [3.8, 4) is 0 Å². The van der Waals surface area contributed by atoms with Crippen molar-refractivity contribution in [2.24, 2.45) is 5.92 Å². The normalized spacial score (nSPS) is 34.5. The van der Waals surface area contributed by atoms with Crippen LogP contribution in [0.4, 0.5) is 0 Å². The van der Waals surface area contributed by atoms with Crippen molar-refractivity contribution in [3.05, 3.63) is 22.4 Å². The summed E-state index contributed by atoms with van der Waals surface area (Å²) in [5.74, 6) is 0.872. The molecule has 3 rings (SSSR count). The lowest BCUT2D eigenvalue weighted by Crippen LogP contribution is -2.41. The predicted octanol–water partition coefficient (Wildman–Crippen LogP) is 2.54. The Hall–Kier alpha value is -0.870. The van der Waals surface area contributed by atoms with Crippen molar-refractivity contribution in [2.45, 2.75) is 43.7 Å². The molecule has 1 N–H and O–H groups in total. The summed E-state index contributed by atoms with van der Waals surface area (Å²) in [6.07, 6.45) is 4.50. The first-order chi connectivity index (χ1) is 8.79. The van der Waals surface area contributed by atoms with Crippen molar-refractivity contribution in [2.75, 3.05) is 7.11 Å². The van der Waals surface area contributed by atoms with E-state index < -0.39 is 0 Å². The fourth-order valence-electron chi connectivity index (χ4n) is 3.00. The van der Waals surface area contributed by atoms with Gasteiger partial charge in [0.25, 0.3) is 0 Å². The lowest BCUT2D eigenvalue weighted by Gasteiger charge is -2.19. The maximum atomic E-state index is 12.2. The van der Waals surface area contributed by atoms with Gasteiger partial charge < -0.3 is 10.1 Å². The lowest BCUT2D eigenvalue weighted by molar-refractivity contribution is -0.123. The van der Waals surface area contributed by atoms with Crippen molar-refractivity contribution in [1.82, 2.24) is 5.32 Å². The zero-order valence-electron chi connectivity index (χ0n) is 10.6. The van der Waals surface area contributed by atoms with Gasteiger partial charge in [0.2, 0.25) is 5.91 Å². The predicted molar refractivity (Wildman–Crippen MR) is 71.7 cm³/mol. The van der Waals surface area contributed by atoms with Gasteiger partial charge >= 0.3 is 0 Å². The highest BCUT2D eigenvalue weighted by atomic mass is 32.1. The van der Waals surface area contributed by atoms with Gasteiger partial charge in [0.1, 0.15) is 0 Å². The summed E-state index contributed by atoms with van der Waals surface area (Å²) in [6.45, 7) is 0. The van der Waals surface area contributed by atoms with Gasteiger partial charge in [-0.2, -0.15) is 11.3 Å². The number of rotatable bonds is 4. The minimum Gasteiger partial charge on any atom is -0.379 e. The Balaban J connectivity index is 1.54. The second-order valence-electron chi connectivity index (χ2n) is 5.33. The number of nitrogens with one attached hydrogen (secondary N) is 1. The number of carbonyl (C=O) groups excluding carboxylic acids is 1. The van der Waals surface area contributed by atoms with E-state index in [1.54, 1.807) is 18.4 Å². The maximum Gasteiger partial charge on any atom is 0.224 e. The minimum atomic E-state index is 0.192. The van der Waals surface area contributed by atoms with Crippen LogP contribution in [-0.4, -0.2) is 25.2 Å². The standard InChI is InChI=1S/C14H19NO2S/c1-17-13-4-2-3-12(13)15-14(16)11-7-10(11)9-5-6-18-8-9/h5-6,8,10-13H,2-4,7H2,1H3,(H,15,16)/t10-,11+,12+,13+/m0/s1. The fourth-order valence-corrected chi connectivity index (χ4v) is 3.73. The molecule has 0 radical (unpaired) electrons. The third-order valence-corrected chi connectivity index (χ3v) is 4.88. The quantitative estimate of drug-likeness (QED) is 0.908. The Bertz CT molecular complexity index is 417. The molecule has 0 saturated heterocycles. The van der Waals surface area contributed by atoms with Crippen molar-refractivity contribution in [1.29, 1.82) is 0 Å². The summed E-state index contributed by atoms with van der Waals surface area (Å²) < 4.78 is 5.41. The first-order valence-corrected chi connectivity index (χ1v) is 7.59. The Morgan fingerprint density at radius 3 is 3.11 bits per heavy atom. The molecule has 2 aliphatic rings. The van der Waals surface area contributed by atoms with E-state index in [1.807, 2.05) is 0 Å². The molecular formula is C14H19NO2S. The number of ether oxygens (including phenoxy) is 1. The molecule has 1 aromatic heterocycles. The van der Waals surface area contributed by atoms with Crippen LogP contribution in [-0.2, 0) is 9.53 Å². The highest BCUT2D eigenvalue weighted by Gasteiger charge is 2.45. The van der Waals surface area contributed by atoms with Gasteiger partial charge in [-0.3, -0.25) is 4.79 Å². The summed E-state index contributed by atoms with van der Waals surface area (Å²) in [5.41, 5.74) is 1.33. The van der Waals surface area contributed by atoms with Crippen LogP contribution in [0.15, 0.2) is 16.8 Å². The molecule has 0 spiro atoms. The molecule has 0 aromatic carbocycles. The van der Waals surface area contributed by atoms with Gasteiger partial charge in [-0.15, -0.1) is 0 Å². The third kappa shape index (κ3) is 2.31. The second-order valence-corrected chi connectivity index (χ2v) is 6.11. The van der Waals surface area contributed by atoms with Gasteiger partial charge in [-0.05, 0) is 54.0 Å². The van der Waals surface area contributed by atoms with Crippen LogP contribution in [0.1, 0.15) is 37.2 Å². The Kier molecular flexibility index (Phi) is 3.39. The topological polar surface area (TPSA) is 38.3 Å². The number of carbonyl (C=O) groups is 1. The molecular weight excluding hydrogens is 246 g/mol. The molecule has 0 bridgehead atoms. The Morgan fingerprint density at radius 1 is 1.50 bits per heavy atom. The first-order valence-electron chi connectivity index (χ1n) is 6.65. The van der Waals surface area contributed by atoms with Crippen molar-refractivity contribution >= 4 is 17.2 Å². The van der Waals surface area contributed by atoms with E-state index in [2.05, 4.69) is 22.1 Å². The largest absolute Gasteiger partial charge is 0.379 e. The van der Waals surface area contributed by atoms with Gasteiger partial charge in [0.15, 0.2) is 0 Å². The van der Waals surface area contributed by atoms with Crippen LogP contribution < -0.4 is 5.32 Å². The molecule has 2 aliphatic carbocycles. The van der Waals surface area contributed by atoms with Crippen LogP contribution in [0.25, 0.3) is 0 Å². The van der Waals surface area contributed by atoms with E-state index in [1.165, 1.54) is 5.56 Å². The number of methoxy groups -OCH3 is 1. The van der Waals surface area contributed by atoms with Crippen molar-refractivity contribution < 1.29 is 9.53 Å². The molecule has 0 aliphatic heterocycles. The van der Waals surface area contributed by atoms with Crippen LogP contribution in [0, 0.1) is 5.92 Å². The summed E-state index contributed by atoms with van der Waals surface area (Å²) in [5, 5.41) is 7.42. The third-order valence-electron chi connectivity index (χ3n) is 4.18. The summed E-state index contributed by atoms with van der Waals surface area (Å²) in [4.78, 5) is 12.2. The van der Waals surface area contributed by atoms with Crippen LogP contribution in [0.2, 0.25) is 0 Å². The van der Waals surface area contributed by atoms with Crippen LogP contribution in [0.3, 0.4) is 0 Å². The summed E-state index contributed by atoms with van der Waals surface area (Å²) in [7, 11) is 1.74. The minimum absolute atomic E-state index is 0.192. The average Bonchev–Trinajstić information content (AvgIpc) is 2.80. The second kappa shape index (κ2) is 5.02. The van der Waals surface area contributed by atoms with E-state index in [-0.39, 0.29) is 24.0 Å². The molecule has 2 fully saturated rings. The van der Waals surface area contributed by atoms with Crippen molar-refractivity contribution in [3.63, 3.8) is 0 Å². The number of amides is 1. The molecule has 3 nitrogen and oxygen atoms in total. The first kappa shape index (κ1) is 12.2. The molecule has 0 unspecified atom stereocenters. The molecule has 2 saturated carbocycles. The number of hydrogen-bond acceptors (Lipinski definition) is 3. The van der Waals surface area contributed by atoms with E-state index in [9.17, 15) is 4.79 Å². The lowest BCUT2D eigenvalue weighted by atomic mass is 10.1. The van der Waals surface area contributed by atoms with Gasteiger partial charge in [-0.25, -0.2) is 0 Å². The summed E-state index contributed by atoms with van der Waals surface area (Å²) >= 11 is 1.71. The van der Waals surface area contributed by atoms with Crippen LogP contribution >= 0.6 is 11.3 Å². The van der Waals surface area contributed by atoms with E-state index in [0.717, 1.165) is 25.7 Å². The molecule has 4 heteroatoms. The zero-order chi connectivity index (χ0) is 12.5. The highest BCUT2D eigenvalue weighted by molar-refractivity contribution is 7.08. The fraction of sp³-hybridized carbons (Fsp3) is 0.643. The average molecular weight is 265 g/mol. The summed E-state index contributed by atoms with van der Waals surface area (Å²) in [6, 6.07) is 2.36. The molecule has 98 valence electrons. The van der Waals surface area contributed by atoms with Gasteiger partial charge in [0.05, 0.1) is 12.1 Å². The van der Waals surface area contributed by atoms with E-state index in [0.29, 0.717) is 5.92 Å². The van der Waals surface area contributed by atoms with Gasteiger partial charge in [0, 0.05) is 13.0 Å². The van der Waals surface area contributed by atoms with Gasteiger partial charge in [-0.1, -0.05) is 0 Å². The zero-order valence-corrected chi connectivity index (χ0v) is 11.4. The molecule has 1 aromatic rings. The van der Waals surface area contributed by atoms with E-state index in [4.69, 9.17) is 4.74 Å². The Labute approximate surface area is 112 Å². The van der Waals surface area contributed by atoms with Crippen LogP contribution in [0.5, 0.6) is 0 Å². The molecule has 18 heavy (non-hydrogen) atoms. The molecule has 4 atom stereocenters. The SMILES string of the molecule is CO[C@@H]1CCC[C@H]1NC(=O)[C@@H]1C[C@H]1c1ccsc1. The maximum absolute atomic E-state index is 12.2. The molecule has 1 heterocycles. The molecule has 1 amide bonds. The number of hydrogen-bond donors (Lipinski definition) is 1. The number of thiophene rings is 1. The van der Waals surface area contributed by atoms with E-state index >= 15 is 0 Å².